The van der Waals surface area contributed by atoms with Crippen molar-refractivity contribution in [3.05, 3.63) is 95.6 Å². The largest absolute Gasteiger partial charge is 0.454 e. The fourth-order valence-corrected chi connectivity index (χ4v) is 4.66. The van der Waals surface area contributed by atoms with Crippen LogP contribution >= 0.6 is 0 Å². The van der Waals surface area contributed by atoms with E-state index in [0.717, 1.165) is 53.3 Å². The van der Waals surface area contributed by atoms with Crippen molar-refractivity contribution in [2.45, 2.75) is 52.6 Å². The van der Waals surface area contributed by atoms with Crippen LogP contribution in [-0.2, 0) is 26.2 Å². The molecule has 4 aromatic rings. The molecule has 0 amide bonds. The lowest BCUT2D eigenvalue weighted by molar-refractivity contribution is -0.0498. The highest BCUT2D eigenvalue weighted by Crippen LogP contribution is 2.33. The van der Waals surface area contributed by atoms with Crippen LogP contribution in [0.25, 0.3) is 11.4 Å². The van der Waals surface area contributed by atoms with Gasteiger partial charge >= 0.3 is 6.61 Å². The highest BCUT2D eigenvalue weighted by molar-refractivity contribution is 5.56. The Morgan fingerprint density at radius 3 is 2.38 bits per heavy atom. The van der Waals surface area contributed by atoms with E-state index >= 15 is 0 Å². The maximum absolute atomic E-state index is 13.6. The van der Waals surface area contributed by atoms with Crippen LogP contribution < -0.4 is 14.2 Å². The SMILES string of the molecule is CCCCn1c(CN(Cc2ccc(OC(F)F)cc2)Cc2ccc3c(c2)OCO3)cnc1-c1ccc(F)cc1. The molecule has 0 unspecified atom stereocenters. The lowest BCUT2D eigenvalue weighted by atomic mass is 10.1. The van der Waals surface area contributed by atoms with Gasteiger partial charge in [-0.3, -0.25) is 4.90 Å². The van der Waals surface area contributed by atoms with E-state index in [1.54, 1.807) is 36.4 Å². The summed E-state index contributed by atoms with van der Waals surface area (Å²) in [6.45, 7) is 2.03. The number of alkyl halides is 2. The molecule has 39 heavy (non-hydrogen) atoms. The minimum atomic E-state index is -2.86. The molecule has 204 valence electrons. The van der Waals surface area contributed by atoms with E-state index in [9.17, 15) is 13.2 Å². The van der Waals surface area contributed by atoms with Crippen LogP contribution in [0.3, 0.4) is 0 Å². The quantitative estimate of drug-likeness (QED) is 0.194. The van der Waals surface area contributed by atoms with E-state index in [-0.39, 0.29) is 18.4 Å². The zero-order valence-corrected chi connectivity index (χ0v) is 21.7. The molecule has 0 aliphatic carbocycles. The van der Waals surface area contributed by atoms with Crippen LogP contribution in [-0.4, -0.2) is 27.9 Å². The maximum atomic E-state index is 13.6. The maximum Gasteiger partial charge on any atom is 0.387 e. The number of imidazole rings is 1. The fourth-order valence-electron chi connectivity index (χ4n) is 4.66. The molecule has 5 rings (SSSR count). The number of benzene rings is 3. The van der Waals surface area contributed by atoms with Gasteiger partial charge in [0.15, 0.2) is 11.5 Å². The van der Waals surface area contributed by atoms with Crippen LogP contribution in [0.1, 0.15) is 36.6 Å². The number of halogens is 3. The van der Waals surface area contributed by atoms with Crippen LogP contribution in [0.5, 0.6) is 17.2 Å². The van der Waals surface area contributed by atoms with Crippen molar-refractivity contribution < 1.29 is 27.4 Å². The molecule has 3 aromatic carbocycles. The van der Waals surface area contributed by atoms with Gasteiger partial charge in [-0.1, -0.05) is 31.5 Å². The Morgan fingerprint density at radius 1 is 0.923 bits per heavy atom. The summed E-state index contributed by atoms with van der Waals surface area (Å²) in [5.74, 6) is 2.08. The first-order valence-corrected chi connectivity index (χ1v) is 12.9. The Hall–Kier alpha value is -3.98. The molecule has 9 heteroatoms. The van der Waals surface area contributed by atoms with Crippen molar-refractivity contribution >= 4 is 0 Å². The molecule has 6 nitrogen and oxygen atoms in total. The molecule has 1 aliphatic heterocycles. The predicted molar refractivity (Wildman–Crippen MR) is 141 cm³/mol. The second kappa shape index (κ2) is 12.3. The van der Waals surface area contributed by atoms with Gasteiger partial charge in [-0.25, -0.2) is 9.37 Å². The van der Waals surface area contributed by atoms with E-state index in [2.05, 4.69) is 21.1 Å². The Morgan fingerprint density at radius 2 is 1.64 bits per heavy atom. The normalized spacial score (nSPS) is 12.5. The number of nitrogens with zero attached hydrogens (tertiary/aromatic N) is 3. The molecule has 0 saturated heterocycles. The molecular weight excluding hydrogens is 507 g/mol. The summed E-state index contributed by atoms with van der Waals surface area (Å²) >= 11 is 0. The van der Waals surface area contributed by atoms with E-state index in [1.807, 2.05) is 24.4 Å². The molecule has 0 N–H and O–H groups in total. The fraction of sp³-hybridized carbons (Fsp3) is 0.300. The van der Waals surface area contributed by atoms with Crippen molar-refractivity contribution in [2.75, 3.05) is 6.79 Å². The standard InChI is InChI=1S/C30H30F3N3O3/c1-2-3-14-36-25(16-34-29(36)23-7-9-24(31)10-8-23)19-35(17-21-4-11-26(12-5-21)39-30(32)33)18-22-6-13-27-28(15-22)38-20-37-27/h4-13,15-16,30H,2-3,14,17-20H2,1H3. The summed E-state index contributed by atoms with van der Waals surface area (Å²) < 4.78 is 56.5. The van der Waals surface area contributed by atoms with Crippen molar-refractivity contribution in [1.29, 1.82) is 0 Å². The topological polar surface area (TPSA) is 48.8 Å². The summed E-state index contributed by atoms with van der Waals surface area (Å²) in [6, 6.07) is 19.0. The lowest BCUT2D eigenvalue weighted by Crippen LogP contribution is -2.24. The zero-order valence-electron chi connectivity index (χ0n) is 21.7. The number of aromatic nitrogens is 2. The van der Waals surface area contributed by atoms with Gasteiger partial charge in [-0.2, -0.15) is 8.78 Å². The van der Waals surface area contributed by atoms with Gasteiger partial charge < -0.3 is 18.8 Å². The average Bonchev–Trinajstić information content (AvgIpc) is 3.55. The summed E-state index contributed by atoms with van der Waals surface area (Å²) in [5, 5.41) is 0. The van der Waals surface area contributed by atoms with Gasteiger partial charge in [-0.05, 0) is 66.1 Å². The Bertz CT molecular complexity index is 1370. The first-order valence-electron chi connectivity index (χ1n) is 12.9. The third kappa shape index (κ3) is 6.72. The Kier molecular flexibility index (Phi) is 8.36. The first-order chi connectivity index (χ1) is 19.0. The van der Waals surface area contributed by atoms with Crippen LogP contribution in [0, 0.1) is 5.82 Å². The van der Waals surface area contributed by atoms with Gasteiger partial charge in [0.2, 0.25) is 6.79 Å². The molecule has 0 bridgehead atoms. The molecule has 1 aliphatic rings. The number of rotatable bonds is 12. The molecule has 0 radical (unpaired) electrons. The molecule has 0 spiro atoms. The van der Waals surface area contributed by atoms with Gasteiger partial charge in [-0.15, -0.1) is 0 Å². The molecule has 0 atom stereocenters. The summed E-state index contributed by atoms with van der Waals surface area (Å²) in [6.07, 6.45) is 3.88. The highest BCUT2D eigenvalue weighted by Gasteiger charge is 2.18. The second-order valence-corrected chi connectivity index (χ2v) is 9.44. The number of fused-ring (bicyclic) bond motifs is 1. The van der Waals surface area contributed by atoms with E-state index in [1.165, 1.54) is 12.1 Å². The number of hydrogen-bond acceptors (Lipinski definition) is 5. The minimum absolute atomic E-state index is 0.123. The van der Waals surface area contributed by atoms with Crippen molar-refractivity contribution in [1.82, 2.24) is 14.5 Å². The lowest BCUT2D eigenvalue weighted by Gasteiger charge is -2.24. The van der Waals surface area contributed by atoms with Crippen LogP contribution in [0.15, 0.2) is 72.9 Å². The van der Waals surface area contributed by atoms with Gasteiger partial charge in [0.05, 0.1) is 11.9 Å². The van der Waals surface area contributed by atoms with Crippen molar-refractivity contribution in [3.63, 3.8) is 0 Å². The smallest absolute Gasteiger partial charge is 0.387 e. The average molecular weight is 538 g/mol. The molecular formula is C30H30F3N3O3. The monoisotopic (exact) mass is 537 g/mol. The Balaban J connectivity index is 1.42. The van der Waals surface area contributed by atoms with Crippen molar-refractivity contribution in [3.8, 4) is 28.6 Å². The molecule has 0 fully saturated rings. The van der Waals surface area contributed by atoms with Crippen LogP contribution in [0.2, 0.25) is 0 Å². The van der Waals surface area contributed by atoms with E-state index in [0.29, 0.717) is 25.4 Å². The summed E-state index contributed by atoms with van der Waals surface area (Å²) in [7, 11) is 0. The van der Waals surface area contributed by atoms with Gasteiger partial charge in [0.1, 0.15) is 17.4 Å². The van der Waals surface area contributed by atoms with E-state index in [4.69, 9.17) is 14.5 Å². The zero-order chi connectivity index (χ0) is 27.2. The minimum Gasteiger partial charge on any atom is -0.454 e. The second-order valence-electron chi connectivity index (χ2n) is 9.44. The third-order valence-corrected chi connectivity index (χ3v) is 6.56. The van der Waals surface area contributed by atoms with Crippen LogP contribution in [0.4, 0.5) is 13.2 Å². The van der Waals surface area contributed by atoms with Gasteiger partial charge in [0, 0.05) is 31.7 Å². The van der Waals surface area contributed by atoms with E-state index < -0.39 is 6.61 Å². The molecule has 1 aromatic heterocycles. The Labute approximate surface area is 225 Å². The predicted octanol–water partition coefficient (Wildman–Crippen LogP) is 7.02. The summed E-state index contributed by atoms with van der Waals surface area (Å²) in [5.41, 5.74) is 3.89. The number of ether oxygens (including phenoxy) is 3. The highest BCUT2D eigenvalue weighted by atomic mass is 19.3. The third-order valence-electron chi connectivity index (χ3n) is 6.56. The number of hydrogen-bond donors (Lipinski definition) is 0. The molecule has 2 heterocycles. The van der Waals surface area contributed by atoms with Gasteiger partial charge in [0.25, 0.3) is 0 Å². The number of unbranched alkanes of at least 4 members (excludes halogenated alkanes) is 1. The summed E-state index contributed by atoms with van der Waals surface area (Å²) in [4.78, 5) is 6.97. The first kappa shape index (κ1) is 26.6. The molecule has 0 saturated carbocycles. The van der Waals surface area contributed by atoms with Crippen molar-refractivity contribution in [2.24, 2.45) is 0 Å².